The first kappa shape index (κ1) is 19.3. The molecule has 0 atom stereocenters. The topological polar surface area (TPSA) is 52.6 Å². The van der Waals surface area contributed by atoms with Gasteiger partial charge < -0.3 is 9.47 Å². The number of hydrogen-bond acceptors (Lipinski definition) is 4. The molecule has 1 heterocycles. The van der Waals surface area contributed by atoms with E-state index < -0.39 is 11.8 Å². The number of carbonyl (C=O) groups is 2. The van der Waals surface area contributed by atoms with E-state index >= 15 is 0 Å². The number of rotatable bonds is 4. The number of Topliss-reactive ketones (excluding diaryl/α,β-unsaturated/α-hetero) is 1. The quantitative estimate of drug-likeness (QED) is 0.328. The predicted octanol–water partition coefficient (Wildman–Crippen LogP) is 5.53. The summed E-state index contributed by atoms with van der Waals surface area (Å²) in [6.07, 6.45) is 5.22. The average Bonchev–Trinajstić information content (AvgIpc) is 3.04. The Hall–Kier alpha value is -3.99. The molecule has 5 heteroatoms. The summed E-state index contributed by atoms with van der Waals surface area (Å²) in [6.45, 7) is 1.74. The molecule has 1 aliphatic heterocycles. The van der Waals surface area contributed by atoms with Crippen LogP contribution in [-0.2, 0) is 0 Å². The van der Waals surface area contributed by atoms with Crippen molar-refractivity contribution in [1.82, 2.24) is 0 Å². The number of hydrogen-bond donors (Lipinski definition) is 0. The molecule has 4 rings (SSSR count). The van der Waals surface area contributed by atoms with Crippen molar-refractivity contribution in [3.05, 3.63) is 113 Å². The third-order valence-corrected chi connectivity index (χ3v) is 4.55. The molecule has 4 nitrogen and oxygen atoms in total. The Labute approximate surface area is 172 Å². The third-order valence-electron chi connectivity index (χ3n) is 4.55. The minimum atomic E-state index is -0.695. The predicted molar refractivity (Wildman–Crippen MR) is 111 cm³/mol. The zero-order chi connectivity index (χ0) is 21.1. The van der Waals surface area contributed by atoms with E-state index in [1.54, 1.807) is 25.1 Å². The molecular formula is C25H17FO4. The molecule has 0 radical (unpaired) electrons. The Morgan fingerprint density at radius 3 is 2.60 bits per heavy atom. The van der Waals surface area contributed by atoms with Crippen molar-refractivity contribution in [2.75, 3.05) is 0 Å². The molecule has 0 saturated carbocycles. The second-order valence-corrected chi connectivity index (χ2v) is 6.75. The number of halogens is 1. The van der Waals surface area contributed by atoms with E-state index in [1.807, 2.05) is 36.4 Å². The summed E-state index contributed by atoms with van der Waals surface area (Å²) in [5, 5.41) is 0. The second kappa shape index (κ2) is 8.17. The number of ether oxygens (including phenoxy) is 2. The highest BCUT2D eigenvalue weighted by Crippen LogP contribution is 2.37. The first-order valence-electron chi connectivity index (χ1n) is 9.29. The molecule has 1 aliphatic rings. The van der Waals surface area contributed by atoms with E-state index in [-0.39, 0.29) is 22.9 Å². The van der Waals surface area contributed by atoms with Gasteiger partial charge in [0, 0.05) is 6.07 Å². The summed E-state index contributed by atoms with van der Waals surface area (Å²) < 4.78 is 24.4. The van der Waals surface area contributed by atoms with E-state index in [1.165, 1.54) is 24.3 Å². The van der Waals surface area contributed by atoms with Gasteiger partial charge in [0.15, 0.2) is 5.76 Å². The fourth-order valence-corrected chi connectivity index (χ4v) is 3.14. The lowest BCUT2D eigenvalue weighted by atomic mass is 10.0. The standard InChI is InChI=1S/C25H17FO4/c1-16-13-20(29-25(28)18-10-6-11-19(26)14-18)15-22-23(16)24(27)21(30-22)12-5-9-17-7-3-2-4-8-17/h2-15H,1H3/b9-5+,21-12-. The van der Waals surface area contributed by atoms with Gasteiger partial charge in [-0.25, -0.2) is 9.18 Å². The summed E-state index contributed by atoms with van der Waals surface area (Å²) in [4.78, 5) is 24.9. The molecule has 3 aromatic rings. The van der Waals surface area contributed by atoms with Crippen LogP contribution in [0.4, 0.5) is 4.39 Å². The van der Waals surface area contributed by atoms with Crippen molar-refractivity contribution >= 4 is 17.8 Å². The minimum absolute atomic E-state index is 0.0942. The molecule has 0 saturated heterocycles. The monoisotopic (exact) mass is 400 g/mol. The van der Waals surface area contributed by atoms with Crippen LogP contribution in [0.5, 0.6) is 11.5 Å². The van der Waals surface area contributed by atoms with Crippen LogP contribution in [-0.4, -0.2) is 11.8 Å². The fourth-order valence-electron chi connectivity index (χ4n) is 3.14. The van der Waals surface area contributed by atoms with E-state index in [2.05, 4.69) is 0 Å². The van der Waals surface area contributed by atoms with E-state index in [9.17, 15) is 14.0 Å². The summed E-state index contributed by atoms with van der Waals surface area (Å²) in [6, 6.07) is 18.0. The molecule has 0 amide bonds. The molecule has 0 aliphatic carbocycles. The first-order valence-corrected chi connectivity index (χ1v) is 9.29. The van der Waals surface area contributed by atoms with Gasteiger partial charge in [-0.3, -0.25) is 4.79 Å². The number of esters is 1. The van der Waals surface area contributed by atoms with Crippen LogP contribution in [0.25, 0.3) is 6.08 Å². The Morgan fingerprint density at radius 1 is 1.03 bits per heavy atom. The number of carbonyl (C=O) groups excluding carboxylic acids is 2. The van der Waals surface area contributed by atoms with Gasteiger partial charge in [0.2, 0.25) is 5.78 Å². The lowest BCUT2D eigenvalue weighted by molar-refractivity contribution is 0.0734. The molecule has 0 fully saturated rings. The normalized spacial score (nSPS) is 14.1. The number of allylic oxidation sites excluding steroid dienone is 3. The smallest absolute Gasteiger partial charge is 0.343 e. The molecule has 3 aromatic carbocycles. The molecule has 0 unspecified atom stereocenters. The third kappa shape index (κ3) is 4.05. The van der Waals surface area contributed by atoms with Gasteiger partial charge in [-0.1, -0.05) is 48.6 Å². The van der Waals surface area contributed by atoms with Gasteiger partial charge in [0.05, 0.1) is 11.1 Å². The van der Waals surface area contributed by atoms with Crippen LogP contribution in [0.15, 0.2) is 84.6 Å². The number of fused-ring (bicyclic) bond motifs is 1. The van der Waals surface area contributed by atoms with Crippen molar-refractivity contribution in [3.8, 4) is 11.5 Å². The van der Waals surface area contributed by atoms with Gasteiger partial charge >= 0.3 is 5.97 Å². The number of ketones is 1. The SMILES string of the molecule is Cc1cc(OC(=O)c2cccc(F)c2)cc2c1C(=O)/C(=C/C=C/c1ccccc1)O2. The lowest BCUT2D eigenvalue weighted by Gasteiger charge is -2.08. The average molecular weight is 400 g/mol. The van der Waals surface area contributed by atoms with Gasteiger partial charge in [0.1, 0.15) is 17.3 Å². The molecule has 0 N–H and O–H groups in total. The number of aryl methyl sites for hydroxylation is 1. The lowest BCUT2D eigenvalue weighted by Crippen LogP contribution is -2.09. The maximum Gasteiger partial charge on any atom is 0.343 e. The van der Waals surface area contributed by atoms with E-state index in [4.69, 9.17) is 9.47 Å². The van der Waals surface area contributed by atoms with Gasteiger partial charge in [-0.15, -0.1) is 0 Å². The Kier molecular flexibility index (Phi) is 5.26. The van der Waals surface area contributed by atoms with Crippen molar-refractivity contribution in [3.63, 3.8) is 0 Å². The molecular weight excluding hydrogens is 383 g/mol. The van der Waals surface area contributed by atoms with Crippen LogP contribution < -0.4 is 9.47 Å². The molecule has 0 bridgehead atoms. The van der Waals surface area contributed by atoms with Crippen LogP contribution >= 0.6 is 0 Å². The van der Waals surface area contributed by atoms with Crippen LogP contribution in [0.1, 0.15) is 31.8 Å². The highest BCUT2D eigenvalue weighted by molar-refractivity contribution is 6.13. The van der Waals surface area contributed by atoms with E-state index in [0.717, 1.165) is 11.6 Å². The first-order chi connectivity index (χ1) is 14.5. The van der Waals surface area contributed by atoms with Crippen LogP contribution in [0.3, 0.4) is 0 Å². The number of benzene rings is 3. The van der Waals surface area contributed by atoms with Crippen molar-refractivity contribution in [2.24, 2.45) is 0 Å². The highest BCUT2D eigenvalue weighted by atomic mass is 19.1. The largest absolute Gasteiger partial charge is 0.452 e. The highest BCUT2D eigenvalue weighted by Gasteiger charge is 2.30. The fraction of sp³-hybridized carbons (Fsp3) is 0.0400. The Balaban J connectivity index is 1.54. The Bertz CT molecular complexity index is 1190. The second-order valence-electron chi connectivity index (χ2n) is 6.75. The summed E-state index contributed by atoms with van der Waals surface area (Å²) in [7, 11) is 0. The molecule has 148 valence electrons. The molecule has 30 heavy (non-hydrogen) atoms. The van der Waals surface area contributed by atoms with E-state index in [0.29, 0.717) is 16.9 Å². The zero-order valence-electron chi connectivity index (χ0n) is 16.1. The summed E-state index contributed by atoms with van der Waals surface area (Å²) >= 11 is 0. The van der Waals surface area contributed by atoms with Crippen molar-refractivity contribution in [1.29, 1.82) is 0 Å². The summed E-state index contributed by atoms with van der Waals surface area (Å²) in [5.41, 5.74) is 2.15. The van der Waals surface area contributed by atoms with Crippen LogP contribution in [0.2, 0.25) is 0 Å². The zero-order valence-corrected chi connectivity index (χ0v) is 16.1. The summed E-state index contributed by atoms with van der Waals surface area (Å²) in [5.74, 6) is -0.727. The van der Waals surface area contributed by atoms with Gasteiger partial charge in [-0.05, 0) is 48.4 Å². The molecule has 0 spiro atoms. The maximum atomic E-state index is 13.3. The van der Waals surface area contributed by atoms with Gasteiger partial charge in [0.25, 0.3) is 0 Å². The molecule has 0 aromatic heterocycles. The van der Waals surface area contributed by atoms with Crippen molar-refractivity contribution in [2.45, 2.75) is 6.92 Å². The maximum absolute atomic E-state index is 13.3. The Morgan fingerprint density at radius 2 is 1.83 bits per heavy atom. The minimum Gasteiger partial charge on any atom is -0.452 e. The van der Waals surface area contributed by atoms with Gasteiger partial charge in [-0.2, -0.15) is 0 Å². The van der Waals surface area contributed by atoms with Crippen molar-refractivity contribution < 1.29 is 23.5 Å². The van der Waals surface area contributed by atoms with Crippen LogP contribution in [0, 0.1) is 12.7 Å².